The Hall–Kier alpha value is -3.81. The van der Waals surface area contributed by atoms with E-state index >= 15 is 0 Å². The van der Waals surface area contributed by atoms with Gasteiger partial charge in [0.05, 0.1) is 14.2 Å². The Morgan fingerprint density at radius 3 is 2.50 bits per heavy atom. The molecule has 1 aromatic heterocycles. The predicted molar refractivity (Wildman–Crippen MR) is 98.4 cm³/mol. The molecule has 0 aliphatic carbocycles. The van der Waals surface area contributed by atoms with Crippen LogP contribution in [-0.2, 0) is 4.79 Å². The number of aromatic hydroxyl groups is 1. The van der Waals surface area contributed by atoms with Crippen LogP contribution in [0.3, 0.4) is 0 Å². The standard InChI is InChI=1S/C20H18N2O6/c1-26-16-8-5-13(10-17(16)27-2)19-21-20(28-22-19)14(11-18(24)25)9-12-3-6-15(23)7-4-12/h3-10,23H,11H2,1-2H3,(H,24,25)/p-1/b14-9+. The first kappa shape index (κ1) is 19.0. The summed E-state index contributed by atoms with van der Waals surface area (Å²) in [6.45, 7) is 0. The molecule has 0 unspecified atom stereocenters. The third-order valence-electron chi connectivity index (χ3n) is 3.91. The molecular formula is C20H17N2O6-. The second-order valence-corrected chi connectivity index (χ2v) is 5.80. The maximum Gasteiger partial charge on any atom is 0.254 e. The molecule has 8 nitrogen and oxygen atoms in total. The molecule has 0 saturated heterocycles. The van der Waals surface area contributed by atoms with E-state index in [1.807, 2.05) is 0 Å². The highest BCUT2D eigenvalue weighted by molar-refractivity contribution is 5.88. The van der Waals surface area contributed by atoms with Gasteiger partial charge in [0, 0.05) is 23.5 Å². The van der Waals surface area contributed by atoms with Gasteiger partial charge >= 0.3 is 0 Å². The van der Waals surface area contributed by atoms with Crippen LogP contribution in [0.2, 0.25) is 0 Å². The Bertz CT molecular complexity index is 1010. The molecule has 144 valence electrons. The van der Waals surface area contributed by atoms with Crippen LogP contribution in [-0.4, -0.2) is 35.4 Å². The first-order chi connectivity index (χ1) is 13.5. The molecule has 0 bridgehead atoms. The molecule has 0 amide bonds. The number of nitrogens with zero attached hydrogens (tertiary/aromatic N) is 2. The number of hydrogen-bond donors (Lipinski definition) is 1. The minimum Gasteiger partial charge on any atom is -0.550 e. The number of benzene rings is 2. The van der Waals surface area contributed by atoms with Crippen LogP contribution >= 0.6 is 0 Å². The average molecular weight is 381 g/mol. The van der Waals surface area contributed by atoms with Crippen molar-refractivity contribution in [1.29, 1.82) is 0 Å². The zero-order valence-electron chi connectivity index (χ0n) is 15.2. The maximum absolute atomic E-state index is 11.1. The number of phenolic OH excluding ortho intramolecular Hbond substituents is 1. The van der Waals surface area contributed by atoms with Crippen molar-refractivity contribution in [1.82, 2.24) is 10.1 Å². The van der Waals surface area contributed by atoms with Crippen LogP contribution in [0.4, 0.5) is 0 Å². The number of rotatable bonds is 7. The highest BCUT2D eigenvalue weighted by atomic mass is 16.5. The molecule has 0 radical (unpaired) electrons. The van der Waals surface area contributed by atoms with Gasteiger partial charge in [-0.05, 0) is 42.0 Å². The second-order valence-electron chi connectivity index (χ2n) is 5.80. The fourth-order valence-electron chi connectivity index (χ4n) is 2.56. The molecule has 3 aromatic rings. The third kappa shape index (κ3) is 4.29. The first-order valence-corrected chi connectivity index (χ1v) is 8.26. The zero-order valence-corrected chi connectivity index (χ0v) is 15.2. The van der Waals surface area contributed by atoms with Crippen LogP contribution in [0.1, 0.15) is 17.9 Å². The average Bonchev–Trinajstić information content (AvgIpc) is 3.18. The molecule has 1 N–H and O–H groups in total. The van der Waals surface area contributed by atoms with E-state index in [1.54, 1.807) is 36.4 Å². The molecule has 2 aromatic carbocycles. The number of carbonyl (C=O) groups excluding carboxylic acids is 1. The van der Waals surface area contributed by atoms with Crippen LogP contribution in [0.5, 0.6) is 17.2 Å². The van der Waals surface area contributed by atoms with E-state index in [4.69, 9.17) is 14.0 Å². The summed E-state index contributed by atoms with van der Waals surface area (Å²) >= 11 is 0. The van der Waals surface area contributed by atoms with E-state index in [0.717, 1.165) is 0 Å². The van der Waals surface area contributed by atoms with Crippen LogP contribution in [0, 0.1) is 0 Å². The maximum atomic E-state index is 11.1. The van der Waals surface area contributed by atoms with Crippen molar-refractivity contribution in [2.24, 2.45) is 0 Å². The van der Waals surface area contributed by atoms with Crippen molar-refractivity contribution in [3.63, 3.8) is 0 Å². The molecule has 3 rings (SSSR count). The SMILES string of the molecule is COc1ccc(-c2noc(/C(=C/c3ccc(O)cc3)CC(=O)[O-])n2)cc1OC. The van der Waals surface area contributed by atoms with E-state index in [-0.39, 0.29) is 23.0 Å². The van der Waals surface area contributed by atoms with E-state index in [1.165, 1.54) is 26.4 Å². The van der Waals surface area contributed by atoms with Crippen LogP contribution in [0.15, 0.2) is 47.0 Å². The molecule has 28 heavy (non-hydrogen) atoms. The van der Waals surface area contributed by atoms with E-state index in [9.17, 15) is 15.0 Å². The van der Waals surface area contributed by atoms with Crippen molar-refractivity contribution in [2.45, 2.75) is 6.42 Å². The van der Waals surface area contributed by atoms with Gasteiger partial charge in [0.15, 0.2) is 11.5 Å². The quantitative estimate of drug-likeness (QED) is 0.661. The minimum atomic E-state index is -1.28. The van der Waals surface area contributed by atoms with Gasteiger partial charge < -0.3 is 29.0 Å². The number of aliphatic carboxylic acids is 1. The van der Waals surface area contributed by atoms with Crippen molar-refractivity contribution in [2.75, 3.05) is 14.2 Å². The van der Waals surface area contributed by atoms with Gasteiger partial charge in [0.1, 0.15) is 5.75 Å². The van der Waals surface area contributed by atoms with Gasteiger partial charge in [-0.2, -0.15) is 4.98 Å². The summed E-state index contributed by atoms with van der Waals surface area (Å²) in [6, 6.07) is 11.4. The van der Waals surface area contributed by atoms with Gasteiger partial charge in [-0.1, -0.05) is 17.3 Å². The lowest BCUT2D eigenvalue weighted by Gasteiger charge is -2.07. The summed E-state index contributed by atoms with van der Waals surface area (Å²) in [5.41, 5.74) is 1.56. The smallest absolute Gasteiger partial charge is 0.254 e. The predicted octanol–water partition coefficient (Wildman–Crippen LogP) is 2.14. The van der Waals surface area contributed by atoms with E-state index < -0.39 is 12.4 Å². The lowest BCUT2D eigenvalue weighted by atomic mass is 10.1. The monoisotopic (exact) mass is 381 g/mol. The van der Waals surface area contributed by atoms with Gasteiger partial charge in [-0.3, -0.25) is 0 Å². The number of ether oxygens (including phenoxy) is 2. The summed E-state index contributed by atoms with van der Waals surface area (Å²) in [7, 11) is 3.05. The first-order valence-electron chi connectivity index (χ1n) is 8.26. The summed E-state index contributed by atoms with van der Waals surface area (Å²) in [4.78, 5) is 15.4. The lowest BCUT2D eigenvalue weighted by Crippen LogP contribution is -2.22. The Kier molecular flexibility index (Phi) is 5.59. The van der Waals surface area contributed by atoms with Crippen LogP contribution in [0.25, 0.3) is 23.0 Å². The highest BCUT2D eigenvalue weighted by Gasteiger charge is 2.15. The number of carboxylic acids is 1. The number of carbonyl (C=O) groups is 1. The molecule has 0 aliphatic rings. The van der Waals surface area contributed by atoms with Crippen molar-refractivity contribution < 1.29 is 29.0 Å². The van der Waals surface area contributed by atoms with Gasteiger partial charge in [-0.25, -0.2) is 0 Å². The zero-order chi connectivity index (χ0) is 20.1. The van der Waals surface area contributed by atoms with Gasteiger partial charge in [0.2, 0.25) is 5.82 Å². The van der Waals surface area contributed by atoms with Crippen molar-refractivity contribution in [3.05, 3.63) is 53.9 Å². The summed E-state index contributed by atoms with van der Waals surface area (Å²) in [6.07, 6.45) is 1.18. The van der Waals surface area contributed by atoms with Crippen molar-refractivity contribution in [3.8, 4) is 28.6 Å². The Balaban J connectivity index is 1.96. The molecule has 0 saturated carbocycles. The molecule has 8 heteroatoms. The van der Waals surface area contributed by atoms with E-state index in [2.05, 4.69) is 10.1 Å². The highest BCUT2D eigenvalue weighted by Crippen LogP contribution is 2.32. The molecule has 0 aliphatic heterocycles. The molecule has 1 heterocycles. The van der Waals surface area contributed by atoms with E-state index in [0.29, 0.717) is 22.6 Å². The number of methoxy groups -OCH3 is 2. The van der Waals surface area contributed by atoms with Crippen molar-refractivity contribution >= 4 is 17.6 Å². The summed E-state index contributed by atoms with van der Waals surface area (Å²) in [5.74, 6) is 0.205. The molecule has 0 spiro atoms. The molecular weight excluding hydrogens is 364 g/mol. The second kappa shape index (κ2) is 8.26. The number of carboxylic acid groups (broad SMARTS) is 1. The largest absolute Gasteiger partial charge is 0.550 e. The normalized spacial score (nSPS) is 11.3. The van der Waals surface area contributed by atoms with Crippen LogP contribution < -0.4 is 14.6 Å². The number of phenols is 1. The fourth-order valence-corrected chi connectivity index (χ4v) is 2.56. The topological polar surface area (TPSA) is 118 Å². The van der Waals surface area contributed by atoms with Gasteiger partial charge in [-0.15, -0.1) is 0 Å². The molecule has 0 fully saturated rings. The Morgan fingerprint density at radius 1 is 1.14 bits per heavy atom. The summed E-state index contributed by atoms with van der Waals surface area (Å²) in [5, 5.41) is 24.4. The fraction of sp³-hybridized carbons (Fsp3) is 0.150. The third-order valence-corrected chi connectivity index (χ3v) is 3.91. The Morgan fingerprint density at radius 2 is 1.86 bits per heavy atom. The minimum absolute atomic E-state index is 0.0575. The number of hydrogen-bond acceptors (Lipinski definition) is 8. The number of aromatic nitrogens is 2. The Labute approximate surface area is 160 Å². The van der Waals surface area contributed by atoms with Gasteiger partial charge in [0.25, 0.3) is 5.89 Å². The molecule has 0 atom stereocenters. The lowest BCUT2D eigenvalue weighted by molar-refractivity contribution is -0.304. The summed E-state index contributed by atoms with van der Waals surface area (Å²) < 4.78 is 15.7.